The predicted octanol–water partition coefficient (Wildman–Crippen LogP) is 0.0308. The Morgan fingerprint density at radius 1 is 1.28 bits per heavy atom. The molecule has 18 heavy (non-hydrogen) atoms. The average Bonchev–Trinajstić information content (AvgIpc) is 2.35. The fourth-order valence-corrected chi connectivity index (χ4v) is 1.56. The zero-order valence-electron chi connectivity index (χ0n) is 9.96. The highest BCUT2D eigenvalue weighted by Gasteiger charge is 2.30. The molecule has 0 spiro atoms. The molecule has 0 heterocycles. The van der Waals surface area contributed by atoms with E-state index in [0.717, 1.165) is 0 Å². The Morgan fingerprint density at radius 3 is 2.28 bits per heavy atom. The quantitative estimate of drug-likeness (QED) is 0.421. The van der Waals surface area contributed by atoms with Crippen molar-refractivity contribution in [2.45, 2.75) is 12.5 Å². The van der Waals surface area contributed by atoms with E-state index in [9.17, 15) is 25.4 Å². The molecule has 1 rings (SSSR count). The van der Waals surface area contributed by atoms with Crippen LogP contribution in [0.15, 0.2) is 18.2 Å². The molecule has 0 aromatic heterocycles. The number of nitrogens with zero attached hydrogens (tertiary/aromatic N) is 1. The topological polar surface area (TPSA) is 116 Å². The second-order valence-corrected chi connectivity index (χ2v) is 4.11. The zero-order chi connectivity index (χ0) is 13.8. The van der Waals surface area contributed by atoms with Gasteiger partial charge in [0.25, 0.3) is 5.69 Å². The van der Waals surface area contributed by atoms with Crippen LogP contribution in [0.25, 0.3) is 0 Å². The van der Waals surface area contributed by atoms with E-state index in [1.165, 1.54) is 6.07 Å². The molecule has 0 unspecified atom stereocenters. The number of aliphatic hydroxyl groups excluding tert-OH is 3. The second kappa shape index (κ2) is 5.76. The lowest BCUT2D eigenvalue weighted by atomic mass is 10.0. The van der Waals surface area contributed by atoms with Gasteiger partial charge in [0.2, 0.25) is 0 Å². The summed E-state index contributed by atoms with van der Waals surface area (Å²) in [6.45, 7) is -0.0664. The highest BCUT2D eigenvalue weighted by atomic mass is 16.6. The van der Waals surface area contributed by atoms with Crippen LogP contribution in [-0.2, 0) is 0 Å². The molecular weight excluding hydrogens is 240 g/mol. The molecule has 0 fully saturated rings. The SMILES string of the molecule is Cc1cccc(NC(CO)(CO)CO)c1[N+](=O)[O-]. The number of nitro benzene ring substituents is 1. The van der Waals surface area contributed by atoms with Gasteiger partial charge in [0.05, 0.1) is 24.7 Å². The van der Waals surface area contributed by atoms with Crippen molar-refractivity contribution >= 4 is 11.4 Å². The van der Waals surface area contributed by atoms with Gasteiger partial charge in [0.15, 0.2) is 0 Å². The molecule has 0 saturated heterocycles. The third-order valence-corrected chi connectivity index (χ3v) is 2.73. The number of nitrogens with one attached hydrogen (secondary N) is 1. The number of hydrogen-bond donors (Lipinski definition) is 4. The van der Waals surface area contributed by atoms with Gasteiger partial charge in [-0.25, -0.2) is 0 Å². The van der Waals surface area contributed by atoms with Gasteiger partial charge in [0.1, 0.15) is 11.2 Å². The highest BCUT2D eigenvalue weighted by Crippen LogP contribution is 2.30. The van der Waals surface area contributed by atoms with Crippen LogP contribution < -0.4 is 5.32 Å². The smallest absolute Gasteiger partial charge is 0.295 e. The first-order valence-electron chi connectivity index (χ1n) is 5.34. The Bertz CT molecular complexity index is 423. The highest BCUT2D eigenvalue weighted by molar-refractivity contribution is 5.66. The molecule has 0 aliphatic rings. The number of anilines is 1. The first-order chi connectivity index (χ1) is 8.49. The van der Waals surface area contributed by atoms with E-state index in [1.807, 2.05) is 0 Å². The van der Waals surface area contributed by atoms with Crippen molar-refractivity contribution in [3.63, 3.8) is 0 Å². The van der Waals surface area contributed by atoms with Crippen LogP contribution in [-0.4, -0.2) is 45.6 Å². The van der Waals surface area contributed by atoms with Gasteiger partial charge in [-0.1, -0.05) is 12.1 Å². The fourth-order valence-electron chi connectivity index (χ4n) is 1.56. The number of aryl methyl sites for hydroxylation is 1. The van der Waals surface area contributed by atoms with Gasteiger partial charge >= 0.3 is 0 Å². The lowest BCUT2D eigenvalue weighted by Gasteiger charge is -2.29. The Morgan fingerprint density at radius 2 is 1.83 bits per heavy atom. The molecule has 1 aromatic carbocycles. The van der Waals surface area contributed by atoms with Crippen LogP contribution in [0.5, 0.6) is 0 Å². The first kappa shape index (κ1) is 14.4. The maximum Gasteiger partial charge on any atom is 0.295 e. The first-order valence-corrected chi connectivity index (χ1v) is 5.34. The Labute approximate surface area is 104 Å². The van der Waals surface area contributed by atoms with E-state index in [1.54, 1.807) is 19.1 Å². The molecule has 7 heteroatoms. The van der Waals surface area contributed by atoms with E-state index in [-0.39, 0.29) is 11.4 Å². The summed E-state index contributed by atoms with van der Waals surface area (Å²) in [5.74, 6) is 0. The van der Waals surface area contributed by atoms with Crippen LogP contribution in [0.2, 0.25) is 0 Å². The van der Waals surface area contributed by atoms with Crippen molar-refractivity contribution in [1.82, 2.24) is 0 Å². The summed E-state index contributed by atoms with van der Waals surface area (Å²) in [7, 11) is 0. The van der Waals surface area contributed by atoms with Crippen LogP contribution in [0.4, 0.5) is 11.4 Å². The summed E-state index contributed by atoms with van der Waals surface area (Å²) in [4.78, 5) is 10.4. The predicted molar refractivity (Wildman–Crippen MR) is 65.4 cm³/mol. The van der Waals surface area contributed by atoms with Crippen molar-refractivity contribution in [2.75, 3.05) is 25.1 Å². The van der Waals surface area contributed by atoms with Gasteiger partial charge in [0, 0.05) is 5.56 Å². The van der Waals surface area contributed by atoms with Gasteiger partial charge in [-0.05, 0) is 13.0 Å². The molecule has 100 valence electrons. The molecule has 0 aliphatic heterocycles. The largest absolute Gasteiger partial charge is 0.394 e. The summed E-state index contributed by atoms with van der Waals surface area (Å²) in [6.07, 6.45) is 0. The Hall–Kier alpha value is -1.70. The third-order valence-electron chi connectivity index (χ3n) is 2.73. The minimum absolute atomic E-state index is 0.141. The van der Waals surface area contributed by atoms with Crippen LogP contribution >= 0.6 is 0 Å². The molecule has 1 aromatic rings. The van der Waals surface area contributed by atoms with Gasteiger partial charge < -0.3 is 20.6 Å². The van der Waals surface area contributed by atoms with Crippen molar-refractivity contribution in [2.24, 2.45) is 0 Å². The van der Waals surface area contributed by atoms with Gasteiger partial charge in [-0.3, -0.25) is 10.1 Å². The van der Waals surface area contributed by atoms with Crippen molar-refractivity contribution in [1.29, 1.82) is 0 Å². The number of nitro groups is 1. The summed E-state index contributed by atoms with van der Waals surface area (Å²) in [6, 6.07) is 4.66. The van der Waals surface area contributed by atoms with E-state index >= 15 is 0 Å². The lowest BCUT2D eigenvalue weighted by Crippen LogP contribution is -2.49. The minimum Gasteiger partial charge on any atom is -0.394 e. The molecule has 0 amide bonds. The maximum atomic E-state index is 11.0. The fraction of sp³-hybridized carbons (Fsp3) is 0.455. The molecule has 4 N–H and O–H groups in total. The second-order valence-electron chi connectivity index (χ2n) is 4.11. The number of benzene rings is 1. The van der Waals surface area contributed by atoms with Crippen molar-refractivity contribution in [3.8, 4) is 0 Å². The molecule has 0 atom stereocenters. The summed E-state index contributed by atoms with van der Waals surface area (Å²) >= 11 is 0. The summed E-state index contributed by atoms with van der Waals surface area (Å²) < 4.78 is 0. The molecule has 0 saturated carbocycles. The van der Waals surface area contributed by atoms with Crippen molar-refractivity contribution in [3.05, 3.63) is 33.9 Å². The summed E-state index contributed by atoms with van der Waals surface area (Å²) in [5.41, 5.74) is -0.930. The van der Waals surface area contributed by atoms with E-state index in [0.29, 0.717) is 5.56 Å². The van der Waals surface area contributed by atoms with Gasteiger partial charge in [-0.2, -0.15) is 0 Å². The molecular formula is C11H16N2O5. The normalized spacial score (nSPS) is 11.3. The monoisotopic (exact) mass is 256 g/mol. The van der Waals surface area contributed by atoms with Crippen LogP contribution in [0, 0.1) is 17.0 Å². The Balaban J connectivity index is 3.18. The molecule has 0 bridgehead atoms. The summed E-state index contributed by atoms with van der Waals surface area (Å²) in [5, 5.41) is 41.2. The lowest BCUT2D eigenvalue weighted by molar-refractivity contribution is -0.384. The minimum atomic E-state index is -1.39. The van der Waals surface area contributed by atoms with E-state index in [2.05, 4.69) is 5.32 Å². The zero-order valence-corrected chi connectivity index (χ0v) is 9.96. The maximum absolute atomic E-state index is 11.0. The molecule has 0 radical (unpaired) electrons. The van der Waals surface area contributed by atoms with Crippen LogP contribution in [0.1, 0.15) is 5.56 Å². The van der Waals surface area contributed by atoms with Crippen LogP contribution in [0.3, 0.4) is 0 Å². The van der Waals surface area contributed by atoms with E-state index < -0.39 is 30.3 Å². The number of rotatable bonds is 6. The number of para-hydroxylation sites is 1. The molecule has 0 aliphatic carbocycles. The standard InChI is InChI=1S/C11H16N2O5/c1-8-3-2-4-9(10(8)13(17)18)12-11(5-14,6-15)7-16/h2-4,12,14-16H,5-7H2,1H3. The third kappa shape index (κ3) is 2.76. The Kier molecular flexibility index (Phi) is 4.60. The van der Waals surface area contributed by atoms with Gasteiger partial charge in [-0.15, -0.1) is 0 Å². The number of hydrogen-bond acceptors (Lipinski definition) is 6. The number of aliphatic hydroxyl groups is 3. The molecule has 7 nitrogen and oxygen atoms in total. The average molecular weight is 256 g/mol. The van der Waals surface area contributed by atoms with Crippen molar-refractivity contribution < 1.29 is 20.2 Å². The van der Waals surface area contributed by atoms with E-state index in [4.69, 9.17) is 0 Å².